The molecule has 2 rings (SSSR count). The molecular weight excluding hydrogens is 268 g/mol. The van der Waals surface area contributed by atoms with Gasteiger partial charge in [-0.1, -0.05) is 0 Å². The molecule has 2 fully saturated rings. The van der Waals surface area contributed by atoms with Gasteiger partial charge in [-0.3, -0.25) is 15.0 Å². The molecule has 5 heteroatoms. The van der Waals surface area contributed by atoms with Crippen molar-refractivity contribution in [2.75, 3.05) is 26.8 Å². The van der Waals surface area contributed by atoms with Crippen LogP contribution in [0.2, 0.25) is 0 Å². The van der Waals surface area contributed by atoms with Crippen molar-refractivity contribution in [1.29, 1.82) is 0 Å². The van der Waals surface area contributed by atoms with E-state index in [-0.39, 0.29) is 12.0 Å². The molecule has 0 spiro atoms. The average Bonchev–Trinajstić information content (AvgIpc) is 3.05. The predicted octanol–water partition coefficient (Wildman–Crippen LogP) is 1.56. The topological polar surface area (TPSA) is 50.8 Å². The molecule has 0 aromatic heterocycles. The molecule has 0 aromatic rings. The minimum Gasteiger partial charge on any atom is -0.465 e. The lowest BCUT2D eigenvalue weighted by Gasteiger charge is -2.32. The van der Waals surface area contributed by atoms with E-state index in [0.717, 1.165) is 38.8 Å². The van der Waals surface area contributed by atoms with Gasteiger partial charge >= 0.3 is 5.97 Å². The summed E-state index contributed by atoms with van der Waals surface area (Å²) in [5, 5.41) is 3.49. The van der Waals surface area contributed by atoms with E-state index in [0.29, 0.717) is 18.8 Å². The molecule has 2 aliphatic rings. The number of methoxy groups -OCH3 is 1. The summed E-state index contributed by atoms with van der Waals surface area (Å²) in [7, 11) is 1.78. The van der Waals surface area contributed by atoms with Crippen LogP contribution in [0.1, 0.15) is 46.5 Å². The SMILES string of the molecule is CCOC(=O)C1(NC(C)C)CCC(N2CCC(OC)C2)C1. The predicted molar refractivity (Wildman–Crippen MR) is 82.3 cm³/mol. The van der Waals surface area contributed by atoms with Gasteiger partial charge in [0.1, 0.15) is 5.54 Å². The molecule has 0 amide bonds. The number of ether oxygens (including phenoxy) is 2. The molecule has 5 nitrogen and oxygen atoms in total. The Balaban J connectivity index is 2.02. The monoisotopic (exact) mass is 298 g/mol. The molecule has 0 bridgehead atoms. The van der Waals surface area contributed by atoms with E-state index < -0.39 is 5.54 Å². The standard InChI is InChI=1S/C16H30N2O3/c1-5-21-15(19)16(17-12(2)3)8-6-13(10-16)18-9-7-14(11-18)20-4/h12-14,17H,5-11H2,1-4H3. The van der Waals surface area contributed by atoms with E-state index in [1.54, 1.807) is 7.11 Å². The fraction of sp³-hybridized carbons (Fsp3) is 0.938. The summed E-state index contributed by atoms with van der Waals surface area (Å²) in [5.41, 5.74) is -0.500. The first-order chi connectivity index (χ1) is 10.0. The van der Waals surface area contributed by atoms with Gasteiger partial charge in [-0.15, -0.1) is 0 Å². The molecule has 1 saturated carbocycles. The molecule has 3 atom stereocenters. The molecule has 1 N–H and O–H groups in total. The van der Waals surface area contributed by atoms with Crippen LogP contribution < -0.4 is 5.32 Å². The average molecular weight is 298 g/mol. The van der Waals surface area contributed by atoms with E-state index in [2.05, 4.69) is 24.1 Å². The zero-order valence-corrected chi connectivity index (χ0v) is 13.9. The van der Waals surface area contributed by atoms with Crippen LogP contribution in [-0.4, -0.2) is 61.4 Å². The first-order valence-corrected chi connectivity index (χ1v) is 8.22. The largest absolute Gasteiger partial charge is 0.465 e. The number of nitrogens with one attached hydrogen (secondary N) is 1. The van der Waals surface area contributed by atoms with E-state index >= 15 is 0 Å². The van der Waals surface area contributed by atoms with Gasteiger partial charge in [-0.25, -0.2) is 0 Å². The van der Waals surface area contributed by atoms with Gasteiger partial charge in [0.05, 0.1) is 12.7 Å². The first-order valence-electron chi connectivity index (χ1n) is 8.22. The van der Waals surface area contributed by atoms with Crippen molar-refractivity contribution in [2.24, 2.45) is 0 Å². The van der Waals surface area contributed by atoms with Crippen molar-refractivity contribution in [3.8, 4) is 0 Å². The van der Waals surface area contributed by atoms with E-state index in [1.165, 1.54) is 0 Å². The summed E-state index contributed by atoms with van der Waals surface area (Å²) in [6.07, 6.45) is 4.20. The fourth-order valence-electron chi connectivity index (χ4n) is 3.81. The maximum absolute atomic E-state index is 12.5. The number of hydrogen-bond acceptors (Lipinski definition) is 5. The summed E-state index contributed by atoms with van der Waals surface area (Å²) >= 11 is 0. The summed E-state index contributed by atoms with van der Waals surface area (Å²) < 4.78 is 10.8. The van der Waals surface area contributed by atoms with Crippen molar-refractivity contribution in [1.82, 2.24) is 10.2 Å². The number of hydrogen-bond donors (Lipinski definition) is 1. The minimum absolute atomic E-state index is 0.0799. The number of carbonyl (C=O) groups excluding carboxylic acids is 1. The smallest absolute Gasteiger partial charge is 0.326 e. The molecule has 0 aromatic carbocycles. The van der Waals surface area contributed by atoms with Crippen LogP contribution in [0.3, 0.4) is 0 Å². The van der Waals surface area contributed by atoms with E-state index in [4.69, 9.17) is 9.47 Å². The van der Waals surface area contributed by atoms with Gasteiger partial charge in [0.15, 0.2) is 0 Å². The number of esters is 1. The third-order valence-electron chi connectivity index (χ3n) is 4.75. The number of carbonyl (C=O) groups is 1. The molecule has 1 saturated heterocycles. The Morgan fingerprint density at radius 1 is 1.43 bits per heavy atom. The van der Waals surface area contributed by atoms with Crippen LogP contribution in [0.4, 0.5) is 0 Å². The molecule has 21 heavy (non-hydrogen) atoms. The highest BCUT2D eigenvalue weighted by Crippen LogP contribution is 2.36. The van der Waals surface area contributed by atoms with Crippen LogP contribution in [0.5, 0.6) is 0 Å². The molecule has 3 unspecified atom stereocenters. The number of likely N-dealkylation sites (tertiary alicyclic amines) is 1. The number of rotatable bonds is 6. The quantitative estimate of drug-likeness (QED) is 0.754. The van der Waals surface area contributed by atoms with Crippen LogP contribution >= 0.6 is 0 Å². The highest BCUT2D eigenvalue weighted by Gasteiger charge is 2.48. The summed E-state index contributed by atoms with van der Waals surface area (Å²) in [6.45, 7) is 8.55. The van der Waals surface area contributed by atoms with Crippen LogP contribution in [0, 0.1) is 0 Å². The summed E-state index contributed by atoms with van der Waals surface area (Å²) in [6, 6.07) is 0.735. The molecule has 0 radical (unpaired) electrons. The number of nitrogens with zero attached hydrogens (tertiary/aromatic N) is 1. The third-order valence-corrected chi connectivity index (χ3v) is 4.75. The highest BCUT2D eigenvalue weighted by molar-refractivity contribution is 5.81. The van der Waals surface area contributed by atoms with E-state index in [1.807, 2.05) is 6.92 Å². The maximum atomic E-state index is 12.5. The second-order valence-electron chi connectivity index (χ2n) is 6.64. The summed E-state index contributed by atoms with van der Waals surface area (Å²) in [4.78, 5) is 14.9. The minimum atomic E-state index is -0.500. The van der Waals surface area contributed by atoms with Gasteiger partial charge in [-0.05, 0) is 46.5 Å². The molecule has 122 valence electrons. The van der Waals surface area contributed by atoms with Gasteiger partial charge in [0.25, 0.3) is 0 Å². The van der Waals surface area contributed by atoms with Crippen LogP contribution in [0.15, 0.2) is 0 Å². The highest BCUT2D eigenvalue weighted by atomic mass is 16.5. The van der Waals surface area contributed by atoms with E-state index in [9.17, 15) is 4.79 Å². The Morgan fingerprint density at radius 2 is 2.19 bits per heavy atom. The maximum Gasteiger partial charge on any atom is 0.326 e. The second-order valence-corrected chi connectivity index (χ2v) is 6.64. The first kappa shape index (κ1) is 16.7. The lowest BCUT2D eigenvalue weighted by molar-refractivity contribution is -0.151. The van der Waals surface area contributed by atoms with Gasteiger partial charge in [-0.2, -0.15) is 0 Å². The zero-order chi connectivity index (χ0) is 15.5. The zero-order valence-electron chi connectivity index (χ0n) is 13.9. The van der Waals surface area contributed by atoms with Gasteiger partial charge in [0, 0.05) is 32.3 Å². The van der Waals surface area contributed by atoms with Crippen LogP contribution in [-0.2, 0) is 14.3 Å². The van der Waals surface area contributed by atoms with Gasteiger partial charge in [0.2, 0.25) is 0 Å². The Bertz CT molecular complexity index is 361. The Labute approximate surface area is 128 Å². The Kier molecular flexibility index (Phi) is 5.63. The van der Waals surface area contributed by atoms with Crippen molar-refractivity contribution in [3.05, 3.63) is 0 Å². The molecular formula is C16H30N2O3. The second kappa shape index (κ2) is 7.07. The molecule has 1 aliphatic heterocycles. The van der Waals surface area contributed by atoms with Crippen LogP contribution in [0.25, 0.3) is 0 Å². The fourth-order valence-corrected chi connectivity index (χ4v) is 3.81. The molecule has 1 heterocycles. The molecule has 1 aliphatic carbocycles. The normalized spacial score (nSPS) is 33.8. The van der Waals surface area contributed by atoms with Crippen molar-refractivity contribution < 1.29 is 14.3 Å². The van der Waals surface area contributed by atoms with Crippen molar-refractivity contribution >= 4 is 5.97 Å². The Hall–Kier alpha value is -0.650. The van der Waals surface area contributed by atoms with Crippen molar-refractivity contribution in [2.45, 2.75) is 70.2 Å². The van der Waals surface area contributed by atoms with Crippen molar-refractivity contribution in [3.63, 3.8) is 0 Å². The Morgan fingerprint density at radius 3 is 2.76 bits per heavy atom. The lowest BCUT2D eigenvalue weighted by atomic mass is 9.96. The summed E-state index contributed by atoms with van der Waals surface area (Å²) in [5.74, 6) is -0.0799. The van der Waals surface area contributed by atoms with Gasteiger partial charge < -0.3 is 9.47 Å². The third kappa shape index (κ3) is 3.76. The lowest BCUT2D eigenvalue weighted by Crippen LogP contribution is -2.54.